The third kappa shape index (κ3) is 4.60. The van der Waals surface area contributed by atoms with Crippen LogP contribution in [0.15, 0.2) is 60.7 Å². The third-order valence-electron chi connectivity index (χ3n) is 5.29. The summed E-state index contributed by atoms with van der Waals surface area (Å²) in [7, 11) is -3.57. The number of nitrogens with zero attached hydrogens (tertiary/aromatic N) is 1. The first-order valence-electron chi connectivity index (χ1n) is 9.84. The maximum Gasteiger partial charge on any atom is 0.271 e. The van der Waals surface area contributed by atoms with Crippen molar-refractivity contribution in [3.8, 4) is 0 Å². The Kier molecular flexibility index (Phi) is 6.68. The Morgan fingerprint density at radius 3 is 1.96 bits per heavy atom. The molecule has 2 atom stereocenters. The normalized spacial score (nSPS) is 19.0. The summed E-state index contributed by atoms with van der Waals surface area (Å²) in [6.45, 7) is 4.74. The molecule has 0 aromatic heterocycles. The lowest BCUT2D eigenvalue weighted by molar-refractivity contribution is -0.0709. The first-order chi connectivity index (χ1) is 13.1. The van der Waals surface area contributed by atoms with Crippen molar-refractivity contribution in [1.82, 2.24) is 4.90 Å². The molecule has 2 aromatic rings. The minimum absolute atomic E-state index is 0.00685. The van der Waals surface area contributed by atoms with Crippen LogP contribution < -0.4 is 0 Å². The fourth-order valence-corrected chi connectivity index (χ4v) is 5.34. The Bertz CT molecular complexity index is 768. The smallest absolute Gasteiger partial charge is 0.266 e. The van der Waals surface area contributed by atoms with Crippen molar-refractivity contribution in [3.05, 3.63) is 71.8 Å². The SMILES string of the molecule is CCCC(CC)S(=O)(=O)OC1CCN1C(c1ccccc1)c1ccccc1. The van der Waals surface area contributed by atoms with Crippen LogP contribution in [0, 0.1) is 0 Å². The monoisotopic (exact) mass is 387 g/mol. The van der Waals surface area contributed by atoms with E-state index in [1.54, 1.807) is 0 Å². The second-order valence-electron chi connectivity index (χ2n) is 7.11. The van der Waals surface area contributed by atoms with Crippen LogP contribution in [0.4, 0.5) is 0 Å². The fourth-order valence-electron chi connectivity index (χ4n) is 3.74. The molecule has 1 saturated heterocycles. The van der Waals surface area contributed by atoms with Crippen molar-refractivity contribution >= 4 is 10.1 Å². The van der Waals surface area contributed by atoms with Crippen LogP contribution in [0.3, 0.4) is 0 Å². The molecule has 1 aliphatic heterocycles. The van der Waals surface area contributed by atoms with Crippen LogP contribution >= 0.6 is 0 Å². The van der Waals surface area contributed by atoms with E-state index in [-0.39, 0.29) is 6.04 Å². The summed E-state index contributed by atoms with van der Waals surface area (Å²) >= 11 is 0. The highest BCUT2D eigenvalue weighted by Crippen LogP contribution is 2.37. The van der Waals surface area contributed by atoms with E-state index in [1.165, 1.54) is 0 Å². The second kappa shape index (κ2) is 9.00. The van der Waals surface area contributed by atoms with E-state index < -0.39 is 21.6 Å². The van der Waals surface area contributed by atoms with Gasteiger partial charge in [-0.1, -0.05) is 80.9 Å². The Labute approximate surface area is 163 Å². The van der Waals surface area contributed by atoms with Gasteiger partial charge in [0.1, 0.15) is 6.23 Å². The molecule has 0 amide bonds. The lowest BCUT2D eigenvalue weighted by Gasteiger charge is -2.45. The molecule has 1 aliphatic rings. The molecule has 0 radical (unpaired) electrons. The quantitative estimate of drug-likeness (QED) is 0.584. The molecule has 4 nitrogen and oxygen atoms in total. The first-order valence-corrected chi connectivity index (χ1v) is 11.3. The molecule has 2 aromatic carbocycles. The summed E-state index contributed by atoms with van der Waals surface area (Å²) in [5.41, 5.74) is 2.30. The molecule has 0 aliphatic carbocycles. The summed E-state index contributed by atoms with van der Waals surface area (Å²) in [4.78, 5) is 2.15. The Morgan fingerprint density at radius 1 is 1.00 bits per heavy atom. The van der Waals surface area contributed by atoms with Gasteiger partial charge in [-0.05, 0) is 24.0 Å². The van der Waals surface area contributed by atoms with Crippen LogP contribution in [0.1, 0.15) is 56.7 Å². The molecule has 1 fully saturated rings. The van der Waals surface area contributed by atoms with Crippen molar-refractivity contribution in [2.45, 2.75) is 57.1 Å². The highest BCUT2D eigenvalue weighted by atomic mass is 32.2. The number of likely N-dealkylation sites (tertiary alicyclic amines) is 1. The topological polar surface area (TPSA) is 46.6 Å². The maximum absolute atomic E-state index is 12.7. The van der Waals surface area contributed by atoms with Crippen molar-refractivity contribution in [1.29, 1.82) is 0 Å². The average molecular weight is 388 g/mol. The van der Waals surface area contributed by atoms with Gasteiger partial charge in [-0.25, -0.2) is 0 Å². The largest absolute Gasteiger partial charge is 0.271 e. The maximum atomic E-state index is 12.7. The first kappa shape index (κ1) is 20.1. The molecular weight excluding hydrogens is 358 g/mol. The van der Waals surface area contributed by atoms with Crippen LogP contribution in [0.5, 0.6) is 0 Å². The molecule has 0 saturated carbocycles. The summed E-state index contributed by atoms with van der Waals surface area (Å²) in [6, 6.07) is 20.4. The van der Waals surface area contributed by atoms with Gasteiger partial charge in [0.2, 0.25) is 0 Å². The van der Waals surface area contributed by atoms with E-state index in [0.29, 0.717) is 12.8 Å². The molecule has 2 unspecified atom stereocenters. The molecule has 0 N–H and O–H groups in total. The minimum atomic E-state index is -3.57. The molecule has 0 spiro atoms. The predicted molar refractivity (Wildman–Crippen MR) is 109 cm³/mol. The summed E-state index contributed by atoms with van der Waals surface area (Å²) in [5.74, 6) is 0. The Balaban J connectivity index is 1.84. The van der Waals surface area contributed by atoms with Crippen LogP contribution in [-0.2, 0) is 14.3 Å². The lowest BCUT2D eigenvalue weighted by Crippen LogP contribution is -2.52. The fraction of sp³-hybridized carbons (Fsp3) is 0.455. The number of benzene rings is 2. The second-order valence-corrected chi connectivity index (χ2v) is 8.96. The highest BCUT2D eigenvalue weighted by Gasteiger charge is 2.40. The van der Waals surface area contributed by atoms with E-state index in [0.717, 1.165) is 30.5 Å². The summed E-state index contributed by atoms with van der Waals surface area (Å²) in [5, 5.41) is -0.420. The van der Waals surface area contributed by atoms with Gasteiger partial charge >= 0.3 is 0 Å². The molecule has 0 bridgehead atoms. The summed E-state index contributed by atoms with van der Waals surface area (Å²) in [6.07, 6.45) is 2.41. The van der Waals surface area contributed by atoms with E-state index in [1.807, 2.05) is 50.2 Å². The van der Waals surface area contributed by atoms with Crippen LogP contribution in [0.2, 0.25) is 0 Å². The van der Waals surface area contributed by atoms with Gasteiger partial charge in [-0.2, -0.15) is 8.42 Å². The van der Waals surface area contributed by atoms with E-state index in [4.69, 9.17) is 4.18 Å². The Morgan fingerprint density at radius 2 is 1.56 bits per heavy atom. The number of hydrogen-bond acceptors (Lipinski definition) is 4. The number of hydrogen-bond donors (Lipinski definition) is 0. The van der Waals surface area contributed by atoms with Crippen LogP contribution in [0.25, 0.3) is 0 Å². The van der Waals surface area contributed by atoms with Gasteiger partial charge in [-0.15, -0.1) is 0 Å². The Hall–Kier alpha value is -1.69. The van der Waals surface area contributed by atoms with Gasteiger partial charge in [0.25, 0.3) is 10.1 Å². The van der Waals surface area contributed by atoms with Crippen molar-refractivity contribution in [3.63, 3.8) is 0 Å². The molecule has 3 rings (SSSR count). The van der Waals surface area contributed by atoms with Gasteiger partial charge in [0, 0.05) is 13.0 Å². The lowest BCUT2D eigenvalue weighted by atomic mass is 9.94. The molecule has 146 valence electrons. The zero-order chi connectivity index (χ0) is 19.3. The standard InChI is InChI=1S/C22H29NO3S/c1-3-11-20(4-2)27(24,25)26-21-16-17-23(21)22(18-12-7-5-8-13-18)19-14-9-6-10-15-19/h5-10,12-15,20-22H,3-4,11,16-17H2,1-2H3. The van der Waals surface area contributed by atoms with E-state index in [2.05, 4.69) is 29.2 Å². The third-order valence-corrected chi connectivity index (χ3v) is 7.16. The molecule has 1 heterocycles. The zero-order valence-corrected chi connectivity index (χ0v) is 16.9. The molecule has 27 heavy (non-hydrogen) atoms. The van der Waals surface area contributed by atoms with Crippen LogP contribution in [-0.4, -0.2) is 31.3 Å². The van der Waals surface area contributed by atoms with Gasteiger partial charge < -0.3 is 0 Å². The summed E-state index contributed by atoms with van der Waals surface area (Å²) < 4.78 is 31.2. The van der Waals surface area contributed by atoms with Gasteiger partial charge in [0.15, 0.2) is 0 Å². The molecular formula is C22H29NO3S. The van der Waals surface area contributed by atoms with Gasteiger partial charge in [-0.3, -0.25) is 9.08 Å². The van der Waals surface area contributed by atoms with Crippen molar-refractivity contribution in [2.75, 3.05) is 6.54 Å². The molecule has 5 heteroatoms. The zero-order valence-electron chi connectivity index (χ0n) is 16.1. The minimum Gasteiger partial charge on any atom is -0.266 e. The van der Waals surface area contributed by atoms with Crippen molar-refractivity contribution in [2.24, 2.45) is 0 Å². The number of rotatable bonds is 9. The average Bonchev–Trinajstić information content (AvgIpc) is 2.68. The van der Waals surface area contributed by atoms with E-state index in [9.17, 15) is 8.42 Å². The predicted octanol–water partition coefficient (Wildman–Crippen LogP) is 4.73. The van der Waals surface area contributed by atoms with E-state index >= 15 is 0 Å². The van der Waals surface area contributed by atoms with Crippen molar-refractivity contribution < 1.29 is 12.6 Å². The highest BCUT2D eigenvalue weighted by molar-refractivity contribution is 7.87. The van der Waals surface area contributed by atoms with Gasteiger partial charge in [0.05, 0.1) is 11.3 Å².